The van der Waals surface area contributed by atoms with Crippen molar-refractivity contribution in [3.63, 3.8) is 0 Å². The van der Waals surface area contributed by atoms with Crippen LogP contribution in [-0.2, 0) is 0 Å². The van der Waals surface area contributed by atoms with Crippen LogP contribution in [0.15, 0.2) is 24.3 Å². The first kappa shape index (κ1) is 12.1. The van der Waals surface area contributed by atoms with Crippen molar-refractivity contribution in [3.8, 4) is 5.75 Å². The molecule has 1 aromatic rings. The lowest BCUT2D eigenvalue weighted by molar-refractivity contribution is 0.299. The average Bonchev–Trinajstić information content (AvgIpc) is 3.22. The predicted octanol–water partition coefficient (Wildman–Crippen LogP) is 4.77. The highest BCUT2D eigenvalue weighted by atomic mass is 16.5. The van der Waals surface area contributed by atoms with Gasteiger partial charge < -0.3 is 4.74 Å². The van der Waals surface area contributed by atoms with E-state index in [1.165, 1.54) is 44.1 Å². The number of hydrogen-bond donors (Lipinski definition) is 0. The Morgan fingerprint density at radius 3 is 2.22 bits per heavy atom. The number of rotatable bonds is 4. The Bertz CT molecular complexity index is 369. The van der Waals surface area contributed by atoms with E-state index < -0.39 is 0 Å². The molecular formula is C17H24O. The molecule has 1 heteroatoms. The molecule has 98 valence electrons. The molecule has 0 N–H and O–H groups in total. The van der Waals surface area contributed by atoms with Gasteiger partial charge >= 0.3 is 0 Å². The normalized spacial score (nSPS) is 28.1. The summed E-state index contributed by atoms with van der Waals surface area (Å²) in [6, 6.07) is 8.89. The number of hydrogen-bond acceptors (Lipinski definition) is 1. The lowest BCUT2D eigenvalue weighted by Crippen LogP contribution is -2.10. The molecule has 0 amide bonds. The van der Waals surface area contributed by atoms with Gasteiger partial charge in [-0.1, -0.05) is 31.9 Å². The second-order valence-electron chi connectivity index (χ2n) is 6.28. The highest BCUT2D eigenvalue weighted by Crippen LogP contribution is 2.36. The van der Waals surface area contributed by atoms with Crippen LogP contribution in [0.2, 0.25) is 0 Å². The van der Waals surface area contributed by atoms with Crippen LogP contribution >= 0.6 is 0 Å². The third-order valence-electron chi connectivity index (χ3n) is 4.55. The summed E-state index contributed by atoms with van der Waals surface area (Å²) in [7, 11) is 0. The van der Waals surface area contributed by atoms with Gasteiger partial charge in [-0.05, 0) is 61.1 Å². The van der Waals surface area contributed by atoms with Crippen molar-refractivity contribution in [1.82, 2.24) is 0 Å². The fourth-order valence-corrected chi connectivity index (χ4v) is 2.93. The molecule has 0 saturated heterocycles. The molecule has 2 fully saturated rings. The summed E-state index contributed by atoms with van der Waals surface area (Å²) < 4.78 is 5.79. The van der Waals surface area contributed by atoms with Crippen molar-refractivity contribution in [2.75, 3.05) is 6.61 Å². The van der Waals surface area contributed by atoms with E-state index in [2.05, 4.69) is 31.2 Å². The predicted molar refractivity (Wildman–Crippen MR) is 75.0 cm³/mol. The number of benzene rings is 1. The fraction of sp³-hybridized carbons (Fsp3) is 0.647. The standard InChI is InChI=1S/C17H24O/c1-13-2-6-15(7-3-13)16-8-10-17(11-9-16)18-12-14-4-5-14/h8-11,13-15H,2-7,12H2,1H3. The first-order valence-corrected chi connectivity index (χ1v) is 7.54. The monoisotopic (exact) mass is 244 g/mol. The van der Waals surface area contributed by atoms with Crippen LogP contribution in [0.5, 0.6) is 5.75 Å². The Balaban J connectivity index is 1.56. The molecule has 0 aromatic heterocycles. The zero-order valence-electron chi connectivity index (χ0n) is 11.4. The van der Waals surface area contributed by atoms with Crippen LogP contribution < -0.4 is 4.74 Å². The van der Waals surface area contributed by atoms with Gasteiger partial charge in [0.05, 0.1) is 6.61 Å². The fourth-order valence-electron chi connectivity index (χ4n) is 2.93. The molecule has 1 aromatic carbocycles. The summed E-state index contributed by atoms with van der Waals surface area (Å²) in [4.78, 5) is 0. The summed E-state index contributed by atoms with van der Waals surface area (Å²) >= 11 is 0. The Kier molecular flexibility index (Phi) is 3.58. The van der Waals surface area contributed by atoms with Gasteiger partial charge in [-0.2, -0.15) is 0 Å². The minimum Gasteiger partial charge on any atom is -0.493 e. The quantitative estimate of drug-likeness (QED) is 0.741. The third-order valence-corrected chi connectivity index (χ3v) is 4.55. The van der Waals surface area contributed by atoms with Crippen molar-refractivity contribution in [2.24, 2.45) is 11.8 Å². The van der Waals surface area contributed by atoms with Crippen molar-refractivity contribution in [1.29, 1.82) is 0 Å². The van der Waals surface area contributed by atoms with Gasteiger partial charge in [0.15, 0.2) is 0 Å². The van der Waals surface area contributed by atoms with E-state index >= 15 is 0 Å². The van der Waals surface area contributed by atoms with Gasteiger partial charge in [-0.15, -0.1) is 0 Å². The van der Waals surface area contributed by atoms with Crippen LogP contribution in [0.3, 0.4) is 0 Å². The first-order chi connectivity index (χ1) is 8.81. The van der Waals surface area contributed by atoms with Gasteiger partial charge in [0.2, 0.25) is 0 Å². The highest BCUT2D eigenvalue weighted by Gasteiger charge is 2.22. The van der Waals surface area contributed by atoms with Gasteiger partial charge in [0.1, 0.15) is 5.75 Å². The Morgan fingerprint density at radius 2 is 1.61 bits per heavy atom. The van der Waals surface area contributed by atoms with Crippen molar-refractivity contribution < 1.29 is 4.74 Å². The van der Waals surface area contributed by atoms with E-state index in [1.807, 2.05) is 0 Å². The molecule has 2 aliphatic rings. The molecule has 0 spiro atoms. The summed E-state index contributed by atoms with van der Waals surface area (Å²) in [6.45, 7) is 3.30. The largest absolute Gasteiger partial charge is 0.493 e. The second kappa shape index (κ2) is 5.34. The lowest BCUT2D eigenvalue weighted by Gasteiger charge is -2.26. The zero-order chi connectivity index (χ0) is 12.4. The maximum absolute atomic E-state index is 5.79. The molecule has 0 bridgehead atoms. The van der Waals surface area contributed by atoms with E-state index in [1.54, 1.807) is 0 Å². The summed E-state index contributed by atoms with van der Waals surface area (Å²) in [5.41, 5.74) is 1.51. The topological polar surface area (TPSA) is 9.23 Å². The van der Waals surface area contributed by atoms with E-state index in [0.29, 0.717) is 0 Å². The van der Waals surface area contributed by atoms with Crippen LogP contribution in [0.4, 0.5) is 0 Å². The third kappa shape index (κ3) is 3.07. The molecule has 3 rings (SSSR count). The molecule has 18 heavy (non-hydrogen) atoms. The zero-order valence-corrected chi connectivity index (χ0v) is 11.4. The maximum Gasteiger partial charge on any atom is 0.119 e. The van der Waals surface area contributed by atoms with E-state index in [0.717, 1.165) is 30.1 Å². The lowest BCUT2D eigenvalue weighted by atomic mass is 9.79. The van der Waals surface area contributed by atoms with Crippen molar-refractivity contribution in [2.45, 2.75) is 51.4 Å². The Hall–Kier alpha value is -0.980. The van der Waals surface area contributed by atoms with Gasteiger partial charge in [-0.3, -0.25) is 0 Å². The first-order valence-electron chi connectivity index (χ1n) is 7.54. The molecule has 0 atom stereocenters. The van der Waals surface area contributed by atoms with Crippen molar-refractivity contribution >= 4 is 0 Å². The molecule has 0 unspecified atom stereocenters. The minimum atomic E-state index is 0.790. The molecular weight excluding hydrogens is 220 g/mol. The van der Waals surface area contributed by atoms with Gasteiger partial charge in [0, 0.05) is 0 Å². The van der Waals surface area contributed by atoms with Crippen molar-refractivity contribution in [3.05, 3.63) is 29.8 Å². The van der Waals surface area contributed by atoms with Gasteiger partial charge in [-0.25, -0.2) is 0 Å². The smallest absolute Gasteiger partial charge is 0.119 e. The van der Waals surface area contributed by atoms with Gasteiger partial charge in [0.25, 0.3) is 0 Å². The van der Waals surface area contributed by atoms with E-state index in [-0.39, 0.29) is 0 Å². The highest BCUT2D eigenvalue weighted by molar-refractivity contribution is 5.29. The number of ether oxygens (including phenoxy) is 1. The van der Waals surface area contributed by atoms with Crippen LogP contribution in [0.25, 0.3) is 0 Å². The Labute approximate surface area is 111 Å². The molecule has 2 aliphatic carbocycles. The molecule has 2 saturated carbocycles. The maximum atomic E-state index is 5.79. The van der Waals surface area contributed by atoms with Crippen LogP contribution in [0.1, 0.15) is 56.9 Å². The summed E-state index contributed by atoms with van der Waals surface area (Å²) in [6.07, 6.45) is 8.23. The van der Waals surface area contributed by atoms with Crippen LogP contribution in [0, 0.1) is 11.8 Å². The minimum absolute atomic E-state index is 0.790. The Morgan fingerprint density at radius 1 is 0.944 bits per heavy atom. The molecule has 1 nitrogen and oxygen atoms in total. The van der Waals surface area contributed by atoms with E-state index in [4.69, 9.17) is 4.74 Å². The SMILES string of the molecule is CC1CCC(c2ccc(OCC3CC3)cc2)CC1. The van der Waals surface area contributed by atoms with E-state index in [9.17, 15) is 0 Å². The molecule has 0 radical (unpaired) electrons. The molecule has 0 aliphatic heterocycles. The average molecular weight is 244 g/mol. The summed E-state index contributed by atoms with van der Waals surface area (Å²) in [5.74, 6) is 3.61. The summed E-state index contributed by atoms with van der Waals surface area (Å²) in [5, 5.41) is 0. The second-order valence-corrected chi connectivity index (χ2v) is 6.28. The molecule has 0 heterocycles. The van der Waals surface area contributed by atoms with Crippen LogP contribution in [-0.4, -0.2) is 6.61 Å².